The maximum atomic E-state index is 11.8. The lowest BCUT2D eigenvalue weighted by Gasteiger charge is -2.14. The van der Waals surface area contributed by atoms with E-state index >= 15 is 0 Å². The molecule has 6 heteroatoms. The minimum atomic E-state index is 0.0852. The highest BCUT2D eigenvalue weighted by atomic mass is 35.5. The fraction of sp³-hybridized carbons (Fsp3) is 0.611. The van der Waals surface area contributed by atoms with Crippen LogP contribution in [0.3, 0.4) is 0 Å². The molecule has 0 radical (unpaired) electrons. The zero-order valence-electron chi connectivity index (χ0n) is 14.0. The van der Waals surface area contributed by atoms with Gasteiger partial charge in [0.05, 0.1) is 11.6 Å². The van der Waals surface area contributed by atoms with Crippen LogP contribution in [0.25, 0.3) is 0 Å². The third-order valence-corrected chi connectivity index (χ3v) is 4.65. The van der Waals surface area contributed by atoms with E-state index < -0.39 is 0 Å². The molecule has 1 fully saturated rings. The van der Waals surface area contributed by atoms with E-state index in [0.717, 1.165) is 25.9 Å². The Bertz CT molecular complexity index is 520. The molecule has 0 spiro atoms. The van der Waals surface area contributed by atoms with Crippen molar-refractivity contribution in [1.82, 2.24) is 10.2 Å². The third kappa shape index (κ3) is 7.29. The van der Waals surface area contributed by atoms with Gasteiger partial charge in [-0.2, -0.15) is 0 Å². The molecular weight excluding hydrogens is 347 g/mol. The number of halogens is 2. The first kappa shape index (κ1) is 19.4. The zero-order chi connectivity index (χ0) is 17.2. The Balaban J connectivity index is 1.47. The molecule has 1 N–H and O–H groups in total. The summed E-state index contributed by atoms with van der Waals surface area (Å²) in [6.45, 7) is 4.86. The molecule has 0 aliphatic carbocycles. The van der Waals surface area contributed by atoms with Gasteiger partial charge >= 0.3 is 0 Å². The third-order valence-electron chi connectivity index (χ3n) is 4.12. The van der Waals surface area contributed by atoms with Crippen molar-refractivity contribution in [3.8, 4) is 5.75 Å². The molecule has 0 atom stereocenters. The first-order chi connectivity index (χ1) is 11.6. The van der Waals surface area contributed by atoms with E-state index in [2.05, 4.69) is 10.2 Å². The van der Waals surface area contributed by atoms with Crippen LogP contribution < -0.4 is 10.1 Å². The van der Waals surface area contributed by atoms with Crippen LogP contribution in [0.1, 0.15) is 38.5 Å². The van der Waals surface area contributed by atoms with E-state index in [-0.39, 0.29) is 5.91 Å². The van der Waals surface area contributed by atoms with Crippen molar-refractivity contribution >= 4 is 29.1 Å². The van der Waals surface area contributed by atoms with E-state index in [0.29, 0.717) is 35.2 Å². The number of benzene rings is 1. The van der Waals surface area contributed by atoms with Crippen molar-refractivity contribution in [3.05, 3.63) is 28.2 Å². The molecule has 1 aliphatic rings. The molecule has 4 nitrogen and oxygen atoms in total. The summed E-state index contributed by atoms with van der Waals surface area (Å²) in [6.07, 6.45) is 5.99. The lowest BCUT2D eigenvalue weighted by molar-refractivity contribution is -0.121. The first-order valence-electron chi connectivity index (χ1n) is 8.72. The summed E-state index contributed by atoms with van der Waals surface area (Å²) in [5.74, 6) is 0.686. The van der Waals surface area contributed by atoms with E-state index in [4.69, 9.17) is 27.9 Å². The quantitative estimate of drug-likeness (QED) is 0.627. The summed E-state index contributed by atoms with van der Waals surface area (Å²) < 4.78 is 5.57. The summed E-state index contributed by atoms with van der Waals surface area (Å²) >= 11 is 11.9. The second-order valence-corrected chi connectivity index (χ2v) is 6.98. The van der Waals surface area contributed by atoms with Crippen LogP contribution in [0.2, 0.25) is 10.0 Å². The number of amides is 1. The van der Waals surface area contributed by atoms with Crippen molar-refractivity contribution < 1.29 is 9.53 Å². The summed E-state index contributed by atoms with van der Waals surface area (Å²) in [5.41, 5.74) is 0. The Morgan fingerprint density at radius 2 is 1.96 bits per heavy atom. The number of carbonyl (C=O) groups is 1. The topological polar surface area (TPSA) is 41.6 Å². The van der Waals surface area contributed by atoms with E-state index in [1.54, 1.807) is 18.2 Å². The largest absolute Gasteiger partial charge is 0.492 e. The summed E-state index contributed by atoms with van der Waals surface area (Å²) in [7, 11) is 0. The first-order valence-corrected chi connectivity index (χ1v) is 9.47. The summed E-state index contributed by atoms with van der Waals surface area (Å²) in [6, 6.07) is 5.12. The molecule has 1 amide bonds. The Morgan fingerprint density at radius 3 is 2.71 bits per heavy atom. The van der Waals surface area contributed by atoms with Crippen molar-refractivity contribution in [2.75, 3.05) is 32.8 Å². The number of carbonyl (C=O) groups excluding carboxylic acids is 1. The smallest absolute Gasteiger partial charge is 0.220 e. The van der Waals surface area contributed by atoms with Crippen LogP contribution in [-0.4, -0.2) is 43.6 Å². The van der Waals surface area contributed by atoms with Gasteiger partial charge in [-0.3, -0.25) is 4.79 Å². The average Bonchev–Trinajstić information content (AvgIpc) is 3.06. The molecule has 0 saturated carbocycles. The second kappa shape index (κ2) is 10.8. The van der Waals surface area contributed by atoms with Crippen molar-refractivity contribution in [1.29, 1.82) is 0 Å². The number of nitrogens with zero attached hydrogens (tertiary/aromatic N) is 1. The van der Waals surface area contributed by atoms with Crippen LogP contribution >= 0.6 is 23.2 Å². The zero-order valence-corrected chi connectivity index (χ0v) is 15.5. The maximum Gasteiger partial charge on any atom is 0.220 e. The van der Waals surface area contributed by atoms with Gasteiger partial charge in [0.2, 0.25) is 5.91 Å². The molecule has 1 heterocycles. The van der Waals surface area contributed by atoms with Gasteiger partial charge in [-0.15, -0.1) is 0 Å². The van der Waals surface area contributed by atoms with E-state index in [9.17, 15) is 4.79 Å². The van der Waals surface area contributed by atoms with Crippen LogP contribution in [0.15, 0.2) is 18.2 Å². The van der Waals surface area contributed by atoms with Gasteiger partial charge in [0, 0.05) is 18.0 Å². The van der Waals surface area contributed by atoms with Crippen LogP contribution in [0.4, 0.5) is 0 Å². The molecule has 1 aromatic rings. The highest BCUT2D eigenvalue weighted by molar-refractivity contribution is 6.35. The Labute approximate surface area is 154 Å². The van der Waals surface area contributed by atoms with Gasteiger partial charge in [-0.05, 0) is 69.9 Å². The van der Waals surface area contributed by atoms with E-state index in [1.165, 1.54) is 25.9 Å². The SMILES string of the molecule is O=C(CCCOc1ccc(Cl)cc1Cl)NCCCCN1CCCC1. The molecule has 0 bridgehead atoms. The van der Waals surface area contributed by atoms with Gasteiger partial charge in [0.15, 0.2) is 0 Å². The fourth-order valence-corrected chi connectivity index (χ4v) is 3.25. The number of hydrogen-bond acceptors (Lipinski definition) is 3. The maximum absolute atomic E-state index is 11.8. The minimum Gasteiger partial charge on any atom is -0.492 e. The fourth-order valence-electron chi connectivity index (χ4n) is 2.79. The van der Waals surface area contributed by atoms with Gasteiger partial charge in [0.1, 0.15) is 5.75 Å². The molecule has 2 rings (SSSR count). The lowest BCUT2D eigenvalue weighted by Crippen LogP contribution is -2.26. The second-order valence-electron chi connectivity index (χ2n) is 6.13. The van der Waals surface area contributed by atoms with Crippen LogP contribution in [-0.2, 0) is 4.79 Å². The molecule has 1 saturated heterocycles. The standard InChI is InChI=1S/C18H26Cl2N2O2/c19-15-7-8-17(16(20)14-15)24-13-5-6-18(23)21-9-1-2-10-22-11-3-4-12-22/h7-8,14H,1-6,9-13H2,(H,21,23). The number of rotatable bonds is 10. The molecule has 134 valence electrons. The number of hydrogen-bond donors (Lipinski definition) is 1. The van der Waals surface area contributed by atoms with Gasteiger partial charge in [-0.25, -0.2) is 0 Å². The molecule has 0 aromatic heterocycles. The summed E-state index contributed by atoms with van der Waals surface area (Å²) in [4.78, 5) is 14.3. The average molecular weight is 373 g/mol. The van der Waals surface area contributed by atoms with Crippen LogP contribution in [0.5, 0.6) is 5.75 Å². The Morgan fingerprint density at radius 1 is 1.17 bits per heavy atom. The normalized spacial score (nSPS) is 14.8. The van der Waals surface area contributed by atoms with Gasteiger partial charge in [0.25, 0.3) is 0 Å². The monoisotopic (exact) mass is 372 g/mol. The highest BCUT2D eigenvalue weighted by Crippen LogP contribution is 2.27. The lowest BCUT2D eigenvalue weighted by atomic mass is 10.2. The minimum absolute atomic E-state index is 0.0852. The predicted molar refractivity (Wildman–Crippen MR) is 99.1 cm³/mol. The van der Waals surface area contributed by atoms with Gasteiger partial charge < -0.3 is 15.0 Å². The number of ether oxygens (including phenoxy) is 1. The highest BCUT2D eigenvalue weighted by Gasteiger charge is 2.10. The molecule has 1 aliphatic heterocycles. The molecular formula is C18H26Cl2N2O2. The summed E-state index contributed by atoms with van der Waals surface area (Å²) in [5, 5.41) is 4.04. The number of likely N-dealkylation sites (tertiary alicyclic amines) is 1. The molecule has 1 aromatic carbocycles. The number of nitrogens with one attached hydrogen (secondary N) is 1. The predicted octanol–water partition coefficient (Wildman–Crippen LogP) is 4.14. The van der Waals surface area contributed by atoms with E-state index in [1.807, 2.05) is 0 Å². The number of unbranched alkanes of at least 4 members (excludes halogenated alkanes) is 1. The Hall–Kier alpha value is -0.970. The van der Waals surface area contributed by atoms with Gasteiger partial charge in [-0.1, -0.05) is 23.2 Å². The van der Waals surface area contributed by atoms with Crippen molar-refractivity contribution in [2.24, 2.45) is 0 Å². The van der Waals surface area contributed by atoms with Crippen molar-refractivity contribution in [3.63, 3.8) is 0 Å². The van der Waals surface area contributed by atoms with Crippen molar-refractivity contribution in [2.45, 2.75) is 38.5 Å². The van der Waals surface area contributed by atoms with Crippen LogP contribution in [0, 0.1) is 0 Å². The molecule has 24 heavy (non-hydrogen) atoms. The Kier molecular flexibility index (Phi) is 8.71. The molecule has 0 unspecified atom stereocenters.